The van der Waals surface area contributed by atoms with Crippen LogP contribution in [0, 0.1) is 0 Å². The third kappa shape index (κ3) is 7.02. The minimum absolute atomic E-state index is 0. The zero-order chi connectivity index (χ0) is 23.2. The molecule has 34 heavy (non-hydrogen) atoms. The van der Waals surface area contributed by atoms with Crippen LogP contribution >= 0.6 is 28.3 Å². The summed E-state index contributed by atoms with van der Waals surface area (Å²) in [4.78, 5) is 35.7. The van der Waals surface area contributed by atoms with Crippen LogP contribution < -0.4 is 0 Å². The number of benzene rings is 1. The van der Waals surface area contributed by atoms with Gasteiger partial charge in [0, 0.05) is 62.1 Å². The lowest BCUT2D eigenvalue weighted by molar-refractivity contribution is -0.132. The van der Waals surface area contributed by atoms with Crippen LogP contribution in [0.3, 0.4) is 0 Å². The molecule has 1 aliphatic carbocycles. The third-order valence-electron chi connectivity index (χ3n) is 6.69. The van der Waals surface area contributed by atoms with E-state index in [9.17, 15) is 9.59 Å². The first-order chi connectivity index (χ1) is 16.0. The van der Waals surface area contributed by atoms with Crippen LogP contribution in [0.4, 0.5) is 0 Å². The van der Waals surface area contributed by atoms with E-state index in [2.05, 4.69) is 31.0 Å². The number of carbonyl (C=O) groups is 2. The molecule has 0 spiro atoms. The van der Waals surface area contributed by atoms with Gasteiger partial charge >= 0.3 is 0 Å². The highest BCUT2D eigenvalue weighted by Gasteiger charge is 2.24. The number of carbonyl (C=O) groups excluding carboxylic acids is 2. The molecule has 0 radical (unpaired) electrons. The molecule has 0 atom stereocenters. The molecule has 2 heterocycles. The summed E-state index contributed by atoms with van der Waals surface area (Å²) >= 11 is 3.40. The Morgan fingerprint density at radius 2 is 1.76 bits per heavy atom. The van der Waals surface area contributed by atoms with Gasteiger partial charge in [-0.1, -0.05) is 40.3 Å². The molecule has 2 aromatic rings. The highest BCUT2D eigenvalue weighted by atomic mass is 79.9. The van der Waals surface area contributed by atoms with E-state index in [0.29, 0.717) is 55.8 Å². The Morgan fingerprint density at radius 1 is 1.09 bits per heavy atom. The van der Waals surface area contributed by atoms with Crippen molar-refractivity contribution >= 4 is 40.2 Å². The van der Waals surface area contributed by atoms with E-state index in [1.54, 1.807) is 0 Å². The molecule has 1 aliphatic heterocycles. The predicted octanol–water partition coefficient (Wildman–Crippen LogP) is 3.94. The number of aromatic nitrogens is 2. The van der Waals surface area contributed by atoms with Gasteiger partial charge in [-0.25, -0.2) is 0 Å². The Balaban J connectivity index is 0.00000324. The lowest BCUT2D eigenvalue weighted by atomic mass is 9.94. The minimum Gasteiger partial charge on any atom is -0.343 e. The monoisotopic (exact) mass is 553 g/mol. The Labute approximate surface area is 215 Å². The zero-order valence-corrected chi connectivity index (χ0v) is 22.0. The molecule has 1 saturated heterocycles. The summed E-state index contributed by atoms with van der Waals surface area (Å²) in [6.07, 6.45) is 6.78. The van der Waals surface area contributed by atoms with E-state index < -0.39 is 0 Å². The fourth-order valence-electron chi connectivity index (χ4n) is 4.60. The smallest absolute Gasteiger partial charge is 0.253 e. The maximum atomic E-state index is 12.7. The quantitative estimate of drug-likeness (QED) is 0.516. The number of piperazine rings is 1. The van der Waals surface area contributed by atoms with E-state index in [1.807, 2.05) is 41.1 Å². The summed E-state index contributed by atoms with van der Waals surface area (Å²) in [5.41, 5.74) is 0.707. The molecule has 0 bridgehead atoms. The summed E-state index contributed by atoms with van der Waals surface area (Å²) in [7, 11) is 1.92. The number of halogens is 2. The maximum absolute atomic E-state index is 12.7. The van der Waals surface area contributed by atoms with Crippen molar-refractivity contribution in [3.05, 3.63) is 46.0 Å². The number of aryl methyl sites for hydroxylation is 1. The van der Waals surface area contributed by atoms with Crippen LogP contribution in [0.5, 0.6) is 0 Å². The van der Waals surface area contributed by atoms with Crippen LogP contribution in [0.2, 0.25) is 0 Å². The standard InChI is InChI=1S/C24H32BrN5O3.ClH/c1-28(20-5-3-2-4-6-20)23(31)12-11-22-26-21(27-33-22)17-29-13-15-30(16-14-29)24(32)18-7-9-19(25)10-8-18;/h7-10,20H,2-6,11-17H2,1H3;1H. The number of hydrogen-bond acceptors (Lipinski definition) is 6. The average Bonchev–Trinajstić information content (AvgIpc) is 3.30. The van der Waals surface area contributed by atoms with Crippen LogP contribution in [0.1, 0.15) is 60.6 Å². The molecular formula is C24H33BrClN5O3. The van der Waals surface area contributed by atoms with Gasteiger partial charge in [0.1, 0.15) is 0 Å². The average molecular weight is 555 g/mol. The highest BCUT2D eigenvalue weighted by molar-refractivity contribution is 9.10. The predicted molar refractivity (Wildman–Crippen MR) is 135 cm³/mol. The molecule has 2 aliphatic rings. The number of amides is 2. The van der Waals surface area contributed by atoms with Gasteiger partial charge in [0.15, 0.2) is 5.82 Å². The van der Waals surface area contributed by atoms with Crippen molar-refractivity contribution in [1.29, 1.82) is 0 Å². The van der Waals surface area contributed by atoms with E-state index in [0.717, 1.165) is 30.4 Å². The van der Waals surface area contributed by atoms with Crippen molar-refractivity contribution < 1.29 is 14.1 Å². The van der Waals surface area contributed by atoms with Crippen LogP contribution in [0.25, 0.3) is 0 Å². The Morgan fingerprint density at radius 3 is 2.44 bits per heavy atom. The number of hydrogen-bond donors (Lipinski definition) is 0. The van der Waals surface area contributed by atoms with Gasteiger partial charge < -0.3 is 14.3 Å². The number of rotatable bonds is 7. The van der Waals surface area contributed by atoms with Gasteiger partial charge in [0.05, 0.1) is 6.54 Å². The largest absolute Gasteiger partial charge is 0.343 e. The SMILES string of the molecule is CN(C(=O)CCc1nc(CN2CCN(C(=O)c3ccc(Br)cc3)CC2)no1)C1CCCCC1.Cl. The van der Waals surface area contributed by atoms with E-state index in [1.165, 1.54) is 19.3 Å². The van der Waals surface area contributed by atoms with Crippen molar-refractivity contribution in [3.63, 3.8) is 0 Å². The van der Waals surface area contributed by atoms with Crippen molar-refractivity contribution in [2.75, 3.05) is 33.2 Å². The van der Waals surface area contributed by atoms with Gasteiger partial charge in [0.2, 0.25) is 11.8 Å². The first-order valence-electron chi connectivity index (χ1n) is 11.8. The molecule has 4 rings (SSSR count). The van der Waals surface area contributed by atoms with E-state index >= 15 is 0 Å². The molecule has 0 unspecified atom stereocenters. The lowest BCUT2D eigenvalue weighted by Gasteiger charge is -2.34. The highest BCUT2D eigenvalue weighted by Crippen LogP contribution is 2.22. The van der Waals surface area contributed by atoms with Crippen molar-refractivity contribution in [1.82, 2.24) is 24.8 Å². The fraction of sp³-hybridized carbons (Fsp3) is 0.583. The molecule has 10 heteroatoms. The second-order valence-electron chi connectivity index (χ2n) is 8.98. The summed E-state index contributed by atoms with van der Waals surface area (Å²) in [6, 6.07) is 7.84. The van der Waals surface area contributed by atoms with Crippen LogP contribution in [-0.4, -0.2) is 75.9 Å². The molecule has 1 aromatic carbocycles. The van der Waals surface area contributed by atoms with Crippen molar-refractivity contribution in [2.45, 2.75) is 57.5 Å². The zero-order valence-electron chi connectivity index (χ0n) is 19.6. The van der Waals surface area contributed by atoms with Crippen molar-refractivity contribution in [2.24, 2.45) is 0 Å². The van der Waals surface area contributed by atoms with Gasteiger partial charge in [-0.2, -0.15) is 4.98 Å². The molecule has 186 valence electrons. The van der Waals surface area contributed by atoms with Crippen molar-refractivity contribution in [3.8, 4) is 0 Å². The Hall–Kier alpha value is -1.97. The third-order valence-corrected chi connectivity index (χ3v) is 7.22. The normalized spacial score (nSPS) is 17.3. The van der Waals surface area contributed by atoms with Crippen LogP contribution in [-0.2, 0) is 17.8 Å². The van der Waals surface area contributed by atoms with E-state index in [-0.39, 0.29) is 24.2 Å². The van der Waals surface area contributed by atoms with Gasteiger partial charge in [0.25, 0.3) is 5.91 Å². The topological polar surface area (TPSA) is 82.8 Å². The summed E-state index contributed by atoms with van der Waals surface area (Å²) in [5.74, 6) is 1.35. The number of nitrogens with zero attached hydrogens (tertiary/aromatic N) is 5. The molecule has 1 aromatic heterocycles. The van der Waals surface area contributed by atoms with Gasteiger partial charge in [-0.05, 0) is 37.1 Å². The first-order valence-corrected chi connectivity index (χ1v) is 12.6. The molecule has 8 nitrogen and oxygen atoms in total. The summed E-state index contributed by atoms with van der Waals surface area (Å²) < 4.78 is 6.34. The minimum atomic E-state index is 0. The Bertz CT molecular complexity index is 940. The molecule has 2 amide bonds. The molecule has 2 fully saturated rings. The first kappa shape index (κ1) is 26.6. The summed E-state index contributed by atoms with van der Waals surface area (Å²) in [6.45, 7) is 3.44. The molecule has 0 N–H and O–H groups in total. The van der Waals surface area contributed by atoms with Gasteiger partial charge in [-0.15, -0.1) is 12.4 Å². The van der Waals surface area contributed by atoms with Gasteiger partial charge in [-0.3, -0.25) is 14.5 Å². The fourth-order valence-corrected chi connectivity index (χ4v) is 4.87. The van der Waals surface area contributed by atoms with E-state index in [4.69, 9.17) is 4.52 Å². The lowest BCUT2D eigenvalue weighted by Crippen LogP contribution is -2.48. The second kappa shape index (κ2) is 12.7. The molecular weight excluding hydrogens is 522 g/mol. The summed E-state index contributed by atoms with van der Waals surface area (Å²) in [5, 5.41) is 4.10. The maximum Gasteiger partial charge on any atom is 0.253 e. The van der Waals surface area contributed by atoms with Crippen LogP contribution in [0.15, 0.2) is 33.3 Å². The Kier molecular flexibility index (Phi) is 9.91. The second-order valence-corrected chi connectivity index (χ2v) is 9.89. The molecule has 1 saturated carbocycles.